The summed E-state index contributed by atoms with van der Waals surface area (Å²) in [6.45, 7) is 1.84. The molecule has 2 fully saturated rings. The van der Waals surface area contributed by atoms with Gasteiger partial charge in [0.15, 0.2) is 0 Å². The van der Waals surface area contributed by atoms with Crippen molar-refractivity contribution >= 4 is 17.5 Å². The zero-order valence-electron chi connectivity index (χ0n) is 18.9. The molecule has 2 aromatic rings. The van der Waals surface area contributed by atoms with E-state index in [1.54, 1.807) is 0 Å². The van der Waals surface area contributed by atoms with Crippen LogP contribution in [0.2, 0.25) is 0 Å². The molecule has 1 saturated carbocycles. The van der Waals surface area contributed by atoms with Gasteiger partial charge in [0, 0.05) is 19.2 Å². The Morgan fingerprint density at radius 3 is 2.65 bits per heavy atom. The Morgan fingerprint density at radius 2 is 1.94 bits per heavy atom. The number of aliphatic hydroxyl groups excluding tert-OH is 1. The maximum absolute atomic E-state index is 14.9. The zero-order chi connectivity index (χ0) is 24.1. The smallest absolute Gasteiger partial charge is 0.257 e. The number of hydrogen-bond donors (Lipinski definition) is 2. The molecule has 2 N–H and O–H groups in total. The number of aliphatic hydroxyl groups is 1. The van der Waals surface area contributed by atoms with Crippen molar-refractivity contribution < 1.29 is 32.9 Å². The van der Waals surface area contributed by atoms with Gasteiger partial charge in [-0.25, -0.2) is 9.37 Å². The molecule has 1 aromatic carbocycles. The van der Waals surface area contributed by atoms with Gasteiger partial charge in [0.05, 0.1) is 50.5 Å². The Hall–Kier alpha value is -3.05. The van der Waals surface area contributed by atoms with Gasteiger partial charge >= 0.3 is 0 Å². The summed E-state index contributed by atoms with van der Waals surface area (Å²) in [4.78, 5) is 22.2. The topological polar surface area (TPSA) is 106 Å². The third kappa shape index (κ3) is 5.71. The van der Waals surface area contributed by atoms with Gasteiger partial charge < -0.3 is 29.5 Å². The molecular formula is C23H28F2N4O5. The largest absolute Gasteiger partial charge is 0.495 e. The molecule has 4 rings (SSSR count). The van der Waals surface area contributed by atoms with Crippen molar-refractivity contribution in [3.05, 3.63) is 35.5 Å². The van der Waals surface area contributed by atoms with E-state index < -0.39 is 17.5 Å². The van der Waals surface area contributed by atoms with Crippen LogP contribution in [-0.4, -0.2) is 72.0 Å². The predicted octanol–water partition coefficient (Wildman–Crippen LogP) is 2.91. The number of carbonyl (C=O) groups excluding carboxylic acids is 1. The molecule has 1 saturated heterocycles. The van der Waals surface area contributed by atoms with Crippen molar-refractivity contribution in [2.24, 2.45) is 5.92 Å². The van der Waals surface area contributed by atoms with Crippen LogP contribution in [0.4, 0.5) is 20.4 Å². The average Bonchev–Trinajstić information content (AvgIpc) is 2.85. The quantitative estimate of drug-likeness (QED) is 0.626. The van der Waals surface area contributed by atoms with E-state index in [0.717, 1.165) is 25.1 Å². The number of aromatic nitrogens is 2. The summed E-state index contributed by atoms with van der Waals surface area (Å²) in [5.41, 5.74) is 0.0586. The minimum Gasteiger partial charge on any atom is -0.495 e. The van der Waals surface area contributed by atoms with Crippen LogP contribution >= 0.6 is 0 Å². The van der Waals surface area contributed by atoms with Gasteiger partial charge in [-0.3, -0.25) is 4.79 Å². The third-order valence-corrected chi connectivity index (χ3v) is 6.05. The average molecular weight is 478 g/mol. The zero-order valence-corrected chi connectivity index (χ0v) is 18.9. The summed E-state index contributed by atoms with van der Waals surface area (Å²) in [6.07, 6.45) is 3.67. The number of rotatable bonds is 7. The summed E-state index contributed by atoms with van der Waals surface area (Å²) in [5, 5.41) is 12.4. The Balaban J connectivity index is 1.47. The van der Waals surface area contributed by atoms with Crippen molar-refractivity contribution in [2.75, 3.05) is 45.3 Å². The minimum absolute atomic E-state index is 0.0135. The summed E-state index contributed by atoms with van der Waals surface area (Å²) in [5.74, 6) is -1.73. The molecule has 1 aliphatic carbocycles. The van der Waals surface area contributed by atoms with Gasteiger partial charge in [-0.15, -0.1) is 0 Å². The summed E-state index contributed by atoms with van der Waals surface area (Å²) < 4.78 is 45.2. The number of hydrogen-bond acceptors (Lipinski definition) is 8. The van der Waals surface area contributed by atoms with Gasteiger partial charge in [-0.05, 0) is 37.7 Å². The van der Waals surface area contributed by atoms with Crippen molar-refractivity contribution in [3.8, 4) is 11.6 Å². The highest BCUT2D eigenvalue weighted by Gasteiger charge is 2.24. The SMILES string of the molecule is COc1cc(C(=O)N2CCOCC2)c(F)cc1Nc1ncc(F)c(OC[C@H]2CC[C@H](O)CC2)n1. The monoisotopic (exact) mass is 478 g/mol. The third-order valence-electron chi connectivity index (χ3n) is 6.05. The molecule has 1 aliphatic heterocycles. The minimum atomic E-state index is -0.738. The molecule has 0 unspecified atom stereocenters. The maximum Gasteiger partial charge on any atom is 0.257 e. The lowest BCUT2D eigenvalue weighted by Crippen LogP contribution is -2.41. The number of methoxy groups -OCH3 is 1. The van der Waals surface area contributed by atoms with Gasteiger partial charge in [0.25, 0.3) is 11.8 Å². The number of nitrogens with one attached hydrogen (secondary N) is 1. The number of halogens is 2. The fraction of sp³-hybridized carbons (Fsp3) is 0.522. The number of carbonyl (C=O) groups is 1. The van der Waals surface area contributed by atoms with Crippen molar-refractivity contribution in [2.45, 2.75) is 31.8 Å². The van der Waals surface area contributed by atoms with Crippen molar-refractivity contribution in [1.29, 1.82) is 0 Å². The molecule has 34 heavy (non-hydrogen) atoms. The first kappa shape index (κ1) is 24.1. The van der Waals surface area contributed by atoms with Crippen LogP contribution < -0.4 is 14.8 Å². The molecule has 0 spiro atoms. The number of benzene rings is 1. The Kier molecular flexibility index (Phi) is 7.73. The lowest BCUT2D eigenvalue weighted by atomic mass is 9.88. The standard InChI is InChI=1S/C23H28F2N4O5/c1-32-20-10-16(22(31)29-6-8-33-9-7-29)17(24)11-19(20)27-23-26-12-18(25)21(28-23)34-13-14-2-4-15(30)5-3-14/h10-12,14-15,30H,2-9,13H2,1H3,(H,26,27,28)/t14-,15-. The number of morpholine rings is 1. The highest BCUT2D eigenvalue weighted by molar-refractivity contribution is 5.95. The Labute approximate surface area is 196 Å². The van der Waals surface area contributed by atoms with E-state index in [2.05, 4.69) is 15.3 Å². The number of ether oxygens (including phenoxy) is 3. The van der Waals surface area contributed by atoms with Gasteiger partial charge in [0.1, 0.15) is 11.6 Å². The normalized spacial score (nSPS) is 20.6. The summed E-state index contributed by atoms with van der Waals surface area (Å²) in [7, 11) is 1.39. The molecule has 0 bridgehead atoms. The number of anilines is 2. The lowest BCUT2D eigenvalue weighted by Gasteiger charge is -2.27. The Morgan fingerprint density at radius 1 is 1.21 bits per heavy atom. The van der Waals surface area contributed by atoms with Crippen LogP contribution in [0.15, 0.2) is 18.3 Å². The summed E-state index contributed by atoms with van der Waals surface area (Å²) >= 11 is 0. The molecule has 9 nitrogen and oxygen atoms in total. The molecular weight excluding hydrogens is 450 g/mol. The van der Waals surface area contributed by atoms with Gasteiger partial charge in [-0.1, -0.05) is 0 Å². The van der Waals surface area contributed by atoms with Crippen molar-refractivity contribution in [1.82, 2.24) is 14.9 Å². The van der Waals surface area contributed by atoms with Crippen LogP contribution in [-0.2, 0) is 4.74 Å². The second-order valence-electron chi connectivity index (χ2n) is 8.39. The first-order valence-corrected chi connectivity index (χ1v) is 11.3. The van der Waals surface area contributed by atoms with Crippen LogP contribution in [0.5, 0.6) is 11.6 Å². The lowest BCUT2D eigenvalue weighted by molar-refractivity contribution is 0.0299. The van der Waals surface area contributed by atoms with Crippen LogP contribution in [0.25, 0.3) is 0 Å². The van der Waals surface area contributed by atoms with E-state index >= 15 is 0 Å². The Bertz CT molecular complexity index is 1010. The van der Waals surface area contributed by atoms with Gasteiger partial charge in [-0.2, -0.15) is 9.37 Å². The van der Waals surface area contributed by atoms with E-state index in [9.17, 15) is 18.7 Å². The molecule has 184 valence electrons. The van der Waals surface area contributed by atoms with Gasteiger partial charge in [0.2, 0.25) is 11.8 Å². The van der Waals surface area contributed by atoms with Crippen LogP contribution in [0.3, 0.4) is 0 Å². The van der Waals surface area contributed by atoms with E-state index in [1.165, 1.54) is 18.1 Å². The van der Waals surface area contributed by atoms with Crippen LogP contribution in [0.1, 0.15) is 36.0 Å². The van der Waals surface area contributed by atoms with E-state index in [1.807, 2.05) is 0 Å². The predicted molar refractivity (Wildman–Crippen MR) is 118 cm³/mol. The number of amides is 1. The molecule has 11 heteroatoms. The molecule has 0 radical (unpaired) electrons. The first-order chi connectivity index (χ1) is 16.4. The molecule has 2 heterocycles. The van der Waals surface area contributed by atoms with Crippen molar-refractivity contribution in [3.63, 3.8) is 0 Å². The van der Waals surface area contributed by atoms with E-state index in [4.69, 9.17) is 14.2 Å². The number of nitrogens with zero attached hydrogens (tertiary/aromatic N) is 3. The van der Waals surface area contributed by atoms with E-state index in [0.29, 0.717) is 39.1 Å². The molecule has 0 atom stereocenters. The highest BCUT2D eigenvalue weighted by atomic mass is 19.1. The molecule has 1 amide bonds. The first-order valence-electron chi connectivity index (χ1n) is 11.3. The van der Waals surface area contributed by atoms with Crippen LogP contribution in [0, 0.1) is 17.6 Å². The maximum atomic E-state index is 14.9. The molecule has 2 aliphatic rings. The van der Waals surface area contributed by atoms with E-state index in [-0.39, 0.29) is 47.5 Å². The second kappa shape index (κ2) is 10.9. The fourth-order valence-electron chi connectivity index (χ4n) is 4.06. The highest BCUT2D eigenvalue weighted by Crippen LogP contribution is 2.31. The fourth-order valence-corrected chi connectivity index (χ4v) is 4.06. The summed E-state index contributed by atoms with van der Waals surface area (Å²) in [6, 6.07) is 2.43. The second-order valence-corrected chi connectivity index (χ2v) is 8.39. The molecule has 1 aromatic heterocycles.